The van der Waals surface area contributed by atoms with Gasteiger partial charge in [0.25, 0.3) is 5.91 Å². The monoisotopic (exact) mass is 231 g/mol. The number of nitrogen functional groups attached to an aromatic ring is 1. The van der Waals surface area contributed by atoms with Gasteiger partial charge in [-0.25, -0.2) is 0 Å². The maximum Gasteiger partial charge on any atom is 0.277 e. The molecule has 0 atom stereocenters. The van der Waals surface area contributed by atoms with Gasteiger partial charge in [-0.2, -0.15) is 15.4 Å². The number of aromatic nitrogens is 3. The van der Waals surface area contributed by atoms with Gasteiger partial charge in [0.05, 0.1) is 6.20 Å². The predicted octanol–water partition coefficient (Wildman–Crippen LogP) is 1.26. The fourth-order valence-electron chi connectivity index (χ4n) is 1.50. The van der Waals surface area contributed by atoms with Crippen molar-refractivity contribution in [3.05, 3.63) is 35.2 Å². The Morgan fingerprint density at radius 2 is 2.12 bits per heavy atom. The number of H-pyrrole nitrogens is 1. The molecule has 0 saturated heterocycles. The first-order valence-electron chi connectivity index (χ1n) is 5.12. The summed E-state index contributed by atoms with van der Waals surface area (Å²) in [6.07, 6.45) is 1.36. The molecular formula is C11H13N5O. The smallest absolute Gasteiger partial charge is 0.277 e. The number of nitrogens with zero attached hydrogens (tertiary/aromatic N) is 2. The van der Waals surface area contributed by atoms with E-state index in [9.17, 15) is 4.79 Å². The molecule has 0 aliphatic heterocycles. The van der Waals surface area contributed by atoms with Gasteiger partial charge < -0.3 is 11.1 Å². The van der Waals surface area contributed by atoms with Crippen LogP contribution in [-0.4, -0.2) is 21.3 Å². The van der Waals surface area contributed by atoms with E-state index >= 15 is 0 Å². The second-order valence-electron chi connectivity index (χ2n) is 3.83. The van der Waals surface area contributed by atoms with Gasteiger partial charge >= 0.3 is 0 Å². The predicted molar refractivity (Wildman–Crippen MR) is 64.7 cm³/mol. The van der Waals surface area contributed by atoms with Crippen LogP contribution in [0.5, 0.6) is 0 Å². The first-order valence-corrected chi connectivity index (χ1v) is 5.12. The summed E-state index contributed by atoms with van der Waals surface area (Å²) in [5, 5.41) is 12.4. The molecule has 0 radical (unpaired) electrons. The molecule has 1 aromatic heterocycles. The largest absolute Gasteiger partial charge is 0.398 e. The summed E-state index contributed by atoms with van der Waals surface area (Å²) in [5.74, 6) is -0.315. The minimum atomic E-state index is -0.315. The van der Waals surface area contributed by atoms with Crippen molar-refractivity contribution in [2.45, 2.75) is 13.8 Å². The molecule has 0 aliphatic rings. The zero-order valence-corrected chi connectivity index (χ0v) is 9.61. The van der Waals surface area contributed by atoms with Gasteiger partial charge in [0, 0.05) is 11.4 Å². The molecule has 0 fully saturated rings. The van der Waals surface area contributed by atoms with E-state index in [-0.39, 0.29) is 11.6 Å². The van der Waals surface area contributed by atoms with Gasteiger partial charge in [0.2, 0.25) is 0 Å². The molecule has 17 heavy (non-hydrogen) atoms. The van der Waals surface area contributed by atoms with Crippen LogP contribution < -0.4 is 11.1 Å². The summed E-state index contributed by atoms with van der Waals surface area (Å²) in [4.78, 5) is 11.7. The Kier molecular flexibility index (Phi) is 2.78. The van der Waals surface area contributed by atoms with Crippen LogP contribution >= 0.6 is 0 Å². The van der Waals surface area contributed by atoms with Crippen molar-refractivity contribution in [2.75, 3.05) is 11.1 Å². The van der Waals surface area contributed by atoms with Crippen LogP contribution in [0.3, 0.4) is 0 Å². The van der Waals surface area contributed by atoms with Crippen molar-refractivity contribution in [1.29, 1.82) is 0 Å². The van der Waals surface area contributed by atoms with Crippen molar-refractivity contribution in [3.8, 4) is 0 Å². The van der Waals surface area contributed by atoms with E-state index in [1.54, 1.807) is 6.07 Å². The Morgan fingerprint density at radius 3 is 2.76 bits per heavy atom. The number of nitrogens with one attached hydrogen (secondary N) is 2. The van der Waals surface area contributed by atoms with Crippen molar-refractivity contribution in [2.24, 2.45) is 0 Å². The molecule has 0 spiro atoms. The number of carbonyl (C=O) groups excluding carboxylic acids is 1. The molecule has 1 aromatic carbocycles. The molecule has 0 aliphatic carbocycles. The Balaban J connectivity index is 2.25. The first kappa shape index (κ1) is 11.1. The average molecular weight is 231 g/mol. The summed E-state index contributed by atoms with van der Waals surface area (Å²) in [7, 11) is 0. The van der Waals surface area contributed by atoms with Gasteiger partial charge in [-0.1, -0.05) is 6.07 Å². The lowest BCUT2D eigenvalue weighted by Gasteiger charge is -2.10. The van der Waals surface area contributed by atoms with Gasteiger partial charge in [-0.3, -0.25) is 4.79 Å². The third-order valence-corrected chi connectivity index (χ3v) is 2.51. The van der Waals surface area contributed by atoms with Gasteiger partial charge in [0.15, 0.2) is 5.69 Å². The Morgan fingerprint density at radius 1 is 1.35 bits per heavy atom. The molecule has 88 valence electrons. The maximum absolute atomic E-state index is 11.7. The van der Waals surface area contributed by atoms with Crippen LogP contribution in [0.1, 0.15) is 21.6 Å². The summed E-state index contributed by atoms with van der Waals surface area (Å²) in [6, 6.07) is 3.66. The Bertz CT molecular complexity index is 547. The van der Waals surface area contributed by atoms with Crippen molar-refractivity contribution >= 4 is 17.3 Å². The highest BCUT2D eigenvalue weighted by atomic mass is 16.2. The molecule has 0 saturated carbocycles. The van der Waals surface area contributed by atoms with Crippen LogP contribution in [0.2, 0.25) is 0 Å². The molecule has 6 nitrogen and oxygen atoms in total. The third-order valence-electron chi connectivity index (χ3n) is 2.51. The van der Waals surface area contributed by atoms with Crippen LogP contribution in [0, 0.1) is 13.8 Å². The van der Waals surface area contributed by atoms with Crippen LogP contribution in [0.4, 0.5) is 11.4 Å². The third kappa shape index (κ3) is 2.25. The fraction of sp³-hybridized carbons (Fsp3) is 0.182. The molecular weight excluding hydrogens is 218 g/mol. The number of aryl methyl sites for hydroxylation is 2. The topological polar surface area (TPSA) is 96.7 Å². The maximum atomic E-state index is 11.7. The Hall–Kier alpha value is -2.37. The summed E-state index contributed by atoms with van der Waals surface area (Å²) in [5.41, 5.74) is 9.30. The molecule has 1 amide bonds. The second kappa shape index (κ2) is 4.25. The molecule has 1 heterocycles. The van der Waals surface area contributed by atoms with Gasteiger partial charge in [-0.05, 0) is 31.0 Å². The minimum absolute atomic E-state index is 0.239. The SMILES string of the molecule is Cc1cc(C)c(NC(=O)c2cn[nH]n2)cc1N. The van der Waals surface area contributed by atoms with E-state index in [0.29, 0.717) is 11.4 Å². The van der Waals surface area contributed by atoms with Crippen LogP contribution in [0.15, 0.2) is 18.3 Å². The van der Waals surface area contributed by atoms with E-state index in [4.69, 9.17) is 5.73 Å². The van der Waals surface area contributed by atoms with Gasteiger partial charge in [0.1, 0.15) is 0 Å². The number of hydrogen-bond acceptors (Lipinski definition) is 4. The highest BCUT2D eigenvalue weighted by molar-refractivity contribution is 6.03. The highest BCUT2D eigenvalue weighted by Crippen LogP contribution is 2.22. The molecule has 2 rings (SSSR count). The average Bonchev–Trinajstić information content (AvgIpc) is 2.79. The number of amides is 1. The lowest BCUT2D eigenvalue weighted by molar-refractivity contribution is 0.102. The Labute approximate surface area is 98.2 Å². The van der Waals surface area contributed by atoms with Gasteiger partial charge in [-0.15, -0.1) is 0 Å². The first-order chi connectivity index (χ1) is 8.08. The number of nitrogens with two attached hydrogens (primary N) is 1. The highest BCUT2D eigenvalue weighted by Gasteiger charge is 2.11. The number of aromatic amines is 1. The number of anilines is 2. The standard InChI is InChI=1S/C11H13N5O/c1-6-3-7(2)9(4-8(6)12)14-11(17)10-5-13-16-15-10/h3-5H,12H2,1-2H3,(H,14,17)(H,13,15,16). The van der Waals surface area contributed by atoms with Crippen molar-refractivity contribution in [3.63, 3.8) is 0 Å². The zero-order valence-electron chi connectivity index (χ0n) is 9.61. The normalized spacial score (nSPS) is 10.2. The lowest BCUT2D eigenvalue weighted by Crippen LogP contribution is -2.13. The quantitative estimate of drug-likeness (QED) is 0.678. The molecule has 6 heteroatoms. The minimum Gasteiger partial charge on any atom is -0.398 e. The van der Waals surface area contributed by atoms with Crippen molar-refractivity contribution in [1.82, 2.24) is 15.4 Å². The number of rotatable bonds is 2. The van der Waals surface area contributed by atoms with Crippen LogP contribution in [-0.2, 0) is 0 Å². The van der Waals surface area contributed by atoms with Crippen LogP contribution in [0.25, 0.3) is 0 Å². The number of benzene rings is 1. The van der Waals surface area contributed by atoms with E-state index in [1.807, 2.05) is 19.9 Å². The number of carbonyl (C=O) groups is 1. The molecule has 4 N–H and O–H groups in total. The van der Waals surface area contributed by atoms with E-state index in [1.165, 1.54) is 6.20 Å². The molecule has 0 bridgehead atoms. The fourth-order valence-corrected chi connectivity index (χ4v) is 1.50. The lowest BCUT2D eigenvalue weighted by atomic mass is 10.1. The summed E-state index contributed by atoms with van der Waals surface area (Å²) in [6.45, 7) is 3.83. The summed E-state index contributed by atoms with van der Waals surface area (Å²) < 4.78 is 0. The van der Waals surface area contributed by atoms with E-state index in [0.717, 1.165) is 11.1 Å². The zero-order chi connectivity index (χ0) is 12.4. The molecule has 0 unspecified atom stereocenters. The number of hydrogen-bond donors (Lipinski definition) is 3. The molecule has 2 aromatic rings. The van der Waals surface area contributed by atoms with Crippen molar-refractivity contribution < 1.29 is 4.79 Å². The van der Waals surface area contributed by atoms with E-state index < -0.39 is 0 Å². The summed E-state index contributed by atoms with van der Waals surface area (Å²) >= 11 is 0. The second-order valence-corrected chi connectivity index (χ2v) is 3.83. The van der Waals surface area contributed by atoms with E-state index in [2.05, 4.69) is 20.7 Å².